The third-order valence-corrected chi connectivity index (χ3v) is 7.09. The van der Waals surface area contributed by atoms with Crippen LogP contribution in [0.15, 0.2) is 48.7 Å². The van der Waals surface area contributed by atoms with E-state index in [1.165, 1.54) is 18.3 Å². The van der Waals surface area contributed by atoms with Gasteiger partial charge in [0.2, 0.25) is 0 Å². The van der Waals surface area contributed by atoms with Gasteiger partial charge in [-0.3, -0.25) is 0 Å². The third kappa shape index (κ3) is 5.89. The molecule has 1 aliphatic carbocycles. The highest BCUT2D eigenvalue weighted by molar-refractivity contribution is 5.91. The Hall–Kier alpha value is -3.56. The van der Waals surface area contributed by atoms with Crippen LogP contribution in [0.1, 0.15) is 31.4 Å². The first-order valence-corrected chi connectivity index (χ1v) is 12.6. The number of benzene rings is 1. The fourth-order valence-electron chi connectivity index (χ4n) is 4.88. The number of nitrogens with zero attached hydrogens (tertiary/aromatic N) is 4. The molecule has 2 aliphatic rings. The first-order chi connectivity index (χ1) is 17.8. The van der Waals surface area contributed by atoms with E-state index in [9.17, 15) is 18.0 Å². The van der Waals surface area contributed by atoms with Gasteiger partial charge in [0.1, 0.15) is 17.3 Å². The van der Waals surface area contributed by atoms with E-state index in [4.69, 9.17) is 4.74 Å². The van der Waals surface area contributed by atoms with Crippen molar-refractivity contribution in [1.82, 2.24) is 14.9 Å². The Morgan fingerprint density at radius 2 is 1.76 bits per heavy atom. The van der Waals surface area contributed by atoms with Crippen molar-refractivity contribution in [3.8, 4) is 5.75 Å². The molecule has 10 heteroatoms. The summed E-state index contributed by atoms with van der Waals surface area (Å²) in [6.07, 6.45) is 1.03. The van der Waals surface area contributed by atoms with Gasteiger partial charge in [0.15, 0.2) is 0 Å². The second-order valence-corrected chi connectivity index (χ2v) is 9.80. The number of piperidine rings is 1. The lowest BCUT2D eigenvalue weighted by molar-refractivity contribution is -0.140. The van der Waals surface area contributed by atoms with Crippen molar-refractivity contribution in [1.29, 1.82) is 0 Å². The summed E-state index contributed by atoms with van der Waals surface area (Å²) < 4.78 is 44.6. The number of alkyl halides is 3. The van der Waals surface area contributed by atoms with Gasteiger partial charge in [-0.25, -0.2) is 14.8 Å². The van der Waals surface area contributed by atoms with Crippen LogP contribution in [0.3, 0.4) is 0 Å². The number of carbonyl (C=O) groups excluding carboxylic acids is 1. The van der Waals surface area contributed by atoms with Crippen LogP contribution in [0.2, 0.25) is 0 Å². The lowest BCUT2D eigenvalue weighted by Gasteiger charge is -2.36. The summed E-state index contributed by atoms with van der Waals surface area (Å²) >= 11 is 0. The van der Waals surface area contributed by atoms with Gasteiger partial charge in [-0.1, -0.05) is 12.1 Å². The largest absolute Gasteiger partial charge is 0.495 e. The molecule has 1 saturated heterocycles. The summed E-state index contributed by atoms with van der Waals surface area (Å²) in [5, 5.41) is 3.62. The van der Waals surface area contributed by atoms with Crippen molar-refractivity contribution in [3.05, 3.63) is 54.4 Å². The minimum absolute atomic E-state index is 0.124. The maximum Gasteiger partial charge on any atom is 0.433 e. The van der Waals surface area contributed by atoms with E-state index >= 15 is 0 Å². The van der Waals surface area contributed by atoms with Gasteiger partial charge in [0.25, 0.3) is 0 Å². The highest BCUT2D eigenvalue weighted by Crippen LogP contribution is 2.34. The van der Waals surface area contributed by atoms with E-state index in [-0.39, 0.29) is 11.5 Å². The average Bonchev–Trinajstić information content (AvgIpc) is 3.72. The monoisotopic (exact) mass is 513 g/mol. The average molecular weight is 514 g/mol. The number of para-hydroxylation sites is 2. The molecule has 3 aromatic rings. The van der Waals surface area contributed by atoms with Gasteiger partial charge in [-0.15, -0.1) is 0 Å². The van der Waals surface area contributed by atoms with Crippen molar-refractivity contribution in [2.24, 2.45) is 11.8 Å². The number of hydrogen-bond acceptors (Lipinski definition) is 5. The topological polar surface area (TPSA) is 70.6 Å². The maximum atomic E-state index is 13.2. The number of hydrogen-bond donors (Lipinski definition) is 1. The Morgan fingerprint density at radius 1 is 1.05 bits per heavy atom. The quantitative estimate of drug-likeness (QED) is 0.431. The van der Waals surface area contributed by atoms with Gasteiger partial charge in [-0.2, -0.15) is 13.2 Å². The summed E-state index contributed by atoms with van der Waals surface area (Å²) in [5.41, 5.74) is 0.0264. The summed E-state index contributed by atoms with van der Waals surface area (Å²) in [5.74, 6) is 2.15. The van der Waals surface area contributed by atoms with E-state index in [0.717, 1.165) is 38.3 Å². The number of amides is 2. The number of urea groups is 1. The Bertz CT molecular complexity index is 1260. The number of halogens is 3. The van der Waals surface area contributed by atoms with Crippen LogP contribution in [0.4, 0.5) is 29.5 Å². The number of carbonyl (C=O) groups is 1. The number of methoxy groups -OCH3 is 1. The number of ether oxygens (including phenoxy) is 1. The fraction of sp³-hybridized carbons (Fsp3) is 0.444. The van der Waals surface area contributed by atoms with Crippen LogP contribution in [0, 0.1) is 11.8 Å². The second-order valence-electron chi connectivity index (χ2n) is 9.80. The second kappa shape index (κ2) is 10.4. The zero-order chi connectivity index (χ0) is 26.0. The van der Waals surface area contributed by atoms with Gasteiger partial charge in [0, 0.05) is 37.8 Å². The van der Waals surface area contributed by atoms with E-state index in [1.54, 1.807) is 7.11 Å². The number of fused-ring (bicyclic) bond motifs is 1. The molecular weight excluding hydrogens is 483 g/mol. The molecule has 1 N–H and O–H groups in total. The van der Waals surface area contributed by atoms with Gasteiger partial charge in [0.05, 0.1) is 18.3 Å². The number of aromatic nitrogens is 2. The van der Waals surface area contributed by atoms with Gasteiger partial charge < -0.3 is 19.9 Å². The standard InChI is InChI=1S/C27H30F3N5O2/c1-37-23-5-3-2-4-22(23)33-26(36)35(16-18-6-7-18)17-19-11-14-34(15-12-19)25-20-8-9-24(27(28,29)30)32-21(20)10-13-31-25/h2-5,8-10,13,18-19H,6-7,11-12,14-17H2,1H3,(H,33,36). The number of rotatable bonds is 7. The molecule has 1 aliphatic heterocycles. The van der Waals surface area contributed by atoms with Crippen molar-refractivity contribution >= 4 is 28.4 Å². The molecule has 2 aromatic heterocycles. The summed E-state index contributed by atoms with van der Waals surface area (Å²) in [7, 11) is 1.58. The molecule has 2 amide bonds. The maximum absolute atomic E-state index is 13.2. The van der Waals surface area contributed by atoms with Crippen LogP contribution >= 0.6 is 0 Å². The van der Waals surface area contributed by atoms with Crippen LogP contribution in [0.25, 0.3) is 10.9 Å². The molecule has 3 heterocycles. The van der Waals surface area contributed by atoms with Crippen molar-refractivity contribution in [3.63, 3.8) is 0 Å². The van der Waals surface area contributed by atoms with E-state index in [2.05, 4.69) is 20.2 Å². The van der Waals surface area contributed by atoms with E-state index < -0.39 is 11.9 Å². The van der Waals surface area contributed by atoms with Crippen LogP contribution in [-0.4, -0.2) is 54.2 Å². The molecule has 37 heavy (non-hydrogen) atoms. The molecule has 0 radical (unpaired) electrons. The Kier molecular flexibility index (Phi) is 7.08. The molecule has 2 fully saturated rings. The van der Waals surface area contributed by atoms with Crippen molar-refractivity contribution in [2.75, 3.05) is 43.5 Å². The predicted octanol–water partition coefficient (Wildman–Crippen LogP) is 5.82. The Labute approximate surface area is 213 Å². The molecule has 196 valence electrons. The third-order valence-electron chi connectivity index (χ3n) is 7.09. The zero-order valence-corrected chi connectivity index (χ0v) is 20.7. The first-order valence-electron chi connectivity index (χ1n) is 12.6. The number of pyridine rings is 2. The molecule has 0 atom stereocenters. The molecule has 0 spiro atoms. The lowest BCUT2D eigenvalue weighted by Crippen LogP contribution is -2.43. The summed E-state index contributed by atoms with van der Waals surface area (Å²) in [6, 6.07) is 11.2. The van der Waals surface area contributed by atoms with Crippen molar-refractivity contribution < 1.29 is 22.7 Å². The van der Waals surface area contributed by atoms with Crippen molar-refractivity contribution in [2.45, 2.75) is 31.9 Å². The fourth-order valence-corrected chi connectivity index (χ4v) is 4.88. The highest BCUT2D eigenvalue weighted by atomic mass is 19.4. The molecule has 1 saturated carbocycles. The minimum atomic E-state index is -4.49. The first kappa shape index (κ1) is 25.1. The Balaban J connectivity index is 1.24. The van der Waals surface area contributed by atoms with Gasteiger partial charge in [-0.05, 0) is 67.9 Å². The number of anilines is 2. The van der Waals surface area contributed by atoms with Crippen LogP contribution in [-0.2, 0) is 6.18 Å². The minimum Gasteiger partial charge on any atom is -0.495 e. The van der Waals surface area contributed by atoms with Crippen LogP contribution in [0.5, 0.6) is 5.75 Å². The zero-order valence-electron chi connectivity index (χ0n) is 20.7. The summed E-state index contributed by atoms with van der Waals surface area (Å²) in [6.45, 7) is 2.82. The predicted molar refractivity (Wildman–Crippen MR) is 136 cm³/mol. The molecule has 1 aromatic carbocycles. The molecule has 5 rings (SSSR count). The lowest BCUT2D eigenvalue weighted by atomic mass is 9.95. The van der Waals surface area contributed by atoms with E-state index in [1.807, 2.05) is 29.2 Å². The van der Waals surface area contributed by atoms with Gasteiger partial charge >= 0.3 is 12.2 Å². The molecule has 0 unspecified atom stereocenters. The smallest absolute Gasteiger partial charge is 0.433 e. The molecule has 7 nitrogen and oxygen atoms in total. The van der Waals surface area contributed by atoms with Crippen LogP contribution < -0.4 is 15.0 Å². The molecule has 0 bridgehead atoms. The van der Waals surface area contributed by atoms with E-state index in [0.29, 0.717) is 54.1 Å². The normalized spacial score (nSPS) is 16.6. The number of nitrogens with one attached hydrogen (secondary N) is 1. The Morgan fingerprint density at radius 3 is 2.43 bits per heavy atom. The SMILES string of the molecule is COc1ccccc1NC(=O)N(CC1CC1)CC1CCN(c2nccc3nc(C(F)(F)F)ccc23)CC1. The highest BCUT2D eigenvalue weighted by Gasteiger charge is 2.33. The summed E-state index contributed by atoms with van der Waals surface area (Å²) in [4.78, 5) is 25.5. The molecular formula is C27H30F3N5O2.